The molecule has 1 aliphatic carbocycles. The number of hydrogen-bond donors (Lipinski definition) is 2. The standard InChI is InChI=1S/C21H29N3OS/c1-15-9-8-14-21(3,4)17(15)13-12-16(2)23-24-20(26)22-18-10-6-7-11-19(18)25-5/h6-7,9-13,17H,8,14H2,1-5H3,(H2,22,24,26)/b13-12+,23-16-/t17-/m1/s1. The molecule has 26 heavy (non-hydrogen) atoms. The molecule has 1 aliphatic rings. The van der Waals surface area contributed by atoms with Crippen molar-refractivity contribution < 1.29 is 4.74 Å². The van der Waals surface area contributed by atoms with Crippen LogP contribution in [0.5, 0.6) is 5.75 Å². The molecule has 0 spiro atoms. The van der Waals surface area contributed by atoms with Crippen molar-refractivity contribution in [3.63, 3.8) is 0 Å². The summed E-state index contributed by atoms with van der Waals surface area (Å²) in [6, 6.07) is 7.62. The van der Waals surface area contributed by atoms with Crippen LogP contribution in [0.25, 0.3) is 0 Å². The first-order chi connectivity index (χ1) is 12.3. The van der Waals surface area contributed by atoms with E-state index in [2.05, 4.69) is 54.8 Å². The Morgan fingerprint density at radius 2 is 2.08 bits per heavy atom. The van der Waals surface area contributed by atoms with Gasteiger partial charge in [0.25, 0.3) is 0 Å². The molecule has 2 N–H and O–H groups in total. The van der Waals surface area contributed by atoms with Crippen LogP contribution in [0.1, 0.15) is 40.5 Å². The molecule has 1 aromatic carbocycles. The number of allylic oxidation sites excluding steroid dienone is 4. The number of nitrogens with zero attached hydrogens (tertiary/aromatic N) is 1. The number of ether oxygens (including phenoxy) is 1. The molecule has 1 atom stereocenters. The zero-order valence-corrected chi connectivity index (χ0v) is 17.1. The summed E-state index contributed by atoms with van der Waals surface area (Å²) in [5.41, 5.74) is 6.29. The molecule has 5 heteroatoms. The fourth-order valence-electron chi connectivity index (χ4n) is 3.29. The Kier molecular flexibility index (Phi) is 6.98. The molecule has 0 aliphatic heterocycles. The van der Waals surface area contributed by atoms with Gasteiger partial charge in [-0.2, -0.15) is 5.10 Å². The molecule has 0 saturated heterocycles. The number of para-hydroxylation sites is 2. The van der Waals surface area contributed by atoms with Crippen LogP contribution in [0, 0.1) is 11.3 Å². The second-order valence-corrected chi connectivity index (χ2v) is 7.74. The number of nitrogens with one attached hydrogen (secondary N) is 2. The first-order valence-corrected chi connectivity index (χ1v) is 9.33. The Morgan fingerprint density at radius 1 is 1.35 bits per heavy atom. The molecule has 4 nitrogen and oxygen atoms in total. The highest BCUT2D eigenvalue weighted by molar-refractivity contribution is 7.80. The molecule has 1 aromatic rings. The Labute approximate surface area is 162 Å². The first-order valence-electron chi connectivity index (χ1n) is 8.92. The fraction of sp³-hybridized carbons (Fsp3) is 0.429. The molecule has 0 bridgehead atoms. The zero-order chi connectivity index (χ0) is 19.2. The van der Waals surface area contributed by atoms with Crippen molar-refractivity contribution in [1.29, 1.82) is 0 Å². The lowest BCUT2D eigenvalue weighted by molar-refractivity contribution is 0.255. The number of anilines is 1. The summed E-state index contributed by atoms with van der Waals surface area (Å²) < 4.78 is 5.30. The maximum absolute atomic E-state index is 5.31. The van der Waals surface area contributed by atoms with Crippen LogP contribution in [-0.4, -0.2) is 17.9 Å². The quantitative estimate of drug-likeness (QED) is 0.319. The van der Waals surface area contributed by atoms with Gasteiger partial charge in [-0.25, -0.2) is 0 Å². The molecule has 140 valence electrons. The van der Waals surface area contributed by atoms with Crippen molar-refractivity contribution in [3.8, 4) is 5.75 Å². The highest BCUT2D eigenvalue weighted by atomic mass is 32.1. The molecule has 0 amide bonds. The average molecular weight is 372 g/mol. The van der Waals surface area contributed by atoms with E-state index < -0.39 is 0 Å². The summed E-state index contributed by atoms with van der Waals surface area (Å²) in [5, 5.41) is 7.87. The third kappa shape index (κ3) is 5.43. The summed E-state index contributed by atoms with van der Waals surface area (Å²) in [5.74, 6) is 1.18. The van der Waals surface area contributed by atoms with Crippen LogP contribution in [-0.2, 0) is 0 Å². The highest BCUT2D eigenvalue weighted by Gasteiger charge is 2.30. The normalized spacial score (nSPS) is 19.8. The maximum Gasteiger partial charge on any atom is 0.191 e. The zero-order valence-electron chi connectivity index (χ0n) is 16.3. The van der Waals surface area contributed by atoms with Gasteiger partial charge < -0.3 is 10.1 Å². The van der Waals surface area contributed by atoms with Crippen molar-refractivity contribution in [3.05, 3.63) is 48.1 Å². The van der Waals surface area contributed by atoms with Gasteiger partial charge in [-0.3, -0.25) is 5.43 Å². The molecular weight excluding hydrogens is 342 g/mol. The lowest BCUT2D eigenvalue weighted by atomic mass is 9.68. The monoisotopic (exact) mass is 371 g/mol. The number of methoxy groups -OCH3 is 1. The Morgan fingerprint density at radius 3 is 2.77 bits per heavy atom. The number of benzene rings is 1. The smallest absolute Gasteiger partial charge is 0.191 e. The lowest BCUT2D eigenvalue weighted by Gasteiger charge is -2.36. The molecule has 0 fully saturated rings. The highest BCUT2D eigenvalue weighted by Crippen LogP contribution is 2.41. The second-order valence-electron chi connectivity index (χ2n) is 7.33. The fourth-order valence-corrected chi connectivity index (χ4v) is 3.45. The minimum Gasteiger partial charge on any atom is -0.495 e. The van der Waals surface area contributed by atoms with E-state index in [9.17, 15) is 0 Å². The van der Waals surface area contributed by atoms with E-state index in [1.165, 1.54) is 18.4 Å². The number of rotatable bonds is 5. The van der Waals surface area contributed by atoms with Gasteiger partial charge in [0.05, 0.1) is 18.5 Å². The summed E-state index contributed by atoms with van der Waals surface area (Å²) >= 11 is 5.31. The van der Waals surface area contributed by atoms with E-state index in [-0.39, 0.29) is 5.41 Å². The van der Waals surface area contributed by atoms with Gasteiger partial charge in [0.15, 0.2) is 5.11 Å². The molecular formula is C21H29N3OS. The molecule has 2 rings (SSSR count). The molecule has 0 saturated carbocycles. The van der Waals surface area contributed by atoms with E-state index in [0.717, 1.165) is 17.1 Å². The van der Waals surface area contributed by atoms with E-state index in [4.69, 9.17) is 17.0 Å². The van der Waals surface area contributed by atoms with Crippen molar-refractivity contribution in [2.45, 2.75) is 40.5 Å². The van der Waals surface area contributed by atoms with E-state index in [1.807, 2.05) is 31.2 Å². The van der Waals surface area contributed by atoms with Crippen molar-refractivity contribution in [1.82, 2.24) is 5.43 Å². The predicted octanol–water partition coefficient (Wildman–Crippen LogP) is 5.30. The minimum atomic E-state index is 0.282. The Balaban J connectivity index is 1.96. The predicted molar refractivity (Wildman–Crippen MR) is 115 cm³/mol. The maximum atomic E-state index is 5.31. The van der Waals surface area contributed by atoms with Gasteiger partial charge in [0.2, 0.25) is 0 Å². The van der Waals surface area contributed by atoms with Crippen molar-refractivity contribution >= 4 is 28.7 Å². The number of hydrogen-bond acceptors (Lipinski definition) is 3. The lowest BCUT2D eigenvalue weighted by Crippen LogP contribution is -2.26. The van der Waals surface area contributed by atoms with Crippen molar-refractivity contribution in [2.24, 2.45) is 16.4 Å². The Hall–Kier alpha value is -2.14. The van der Waals surface area contributed by atoms with Gasteiger partial charge in [-0.05, 0) is 62.5 Å². The summed E-state index contributed by atoms with van der Waals surface area (Å²) in [6.45, 7) is 8.84. The average Bonchev–Trinajstić information content (AvgIpc) is 2.59. The van der Waals surface area contributed by atoms with Gasteiger partial charge >= 0.3 is 0 Å². The van der Waals surface area contributed by atoms with Crippen LogP contribution in [0.3, 0.4) is 0 Å². The minimum absolute atomic E-state index is 0.282. The summed E-state index contributed by atoms with van der Waals surface area (Å²) in [6.07, 6.45) is 9.04. The molecule has 0 heterocycles. The third-order valence-electron chi connectivity index (χ3n) is 4.81. The molecule has 0 unspecified atom stereocenters. The van der Waals surface area contributed by atoms with Crippen LogP contribution in [0.15, 0.2) is 53.2 Å². The van der Waals surface area contributed by atoms with Crippen LogP contribution < -0.4 is 15.5 Å². The van der Waals surface area contributed by atoms with E-state index >= 15 is 0 Å². The third-order valence-corrected chi connectivity index (χ3v) is 5.00. The van der Waals surface area contributed by atoms with Gasteiger partial charge in [-0.1, -0.05) is 43.7 Å². The molecule has 0 aromatic heterocycles. The van der Waals surface area contributed by atoms with Crippen LogP contribution >= 0.6 is 12.2 Å². The van der Waals surface area contributed by atoms with Gasteiger partial charge in [0, 0.05) is 5.92 Å². The Bertz CT molecular complexity index is 735. The number of hydrazone groups is 1. The van der Waals surface area contributed by atoms with E-state index in [1.54, 1.807) is 7.11 Å². The van der Waals surface area contributed by atoms with Gasteiger partial charge in [-0.15, -0.1) is 0 Å². The molecule has 0 radical (unpaired) electrons. The van der Waals surface area contributed by atoms with Crippen LogP contribution in [0.4, 0.5) is 5.69 Å². The van der Waals surface area contributed by atoms with E-state index in [0.29, 0.717) is 11.0 Å². The number of thiocarbonyl (C=S) groups is 1. The van der Waals surface area contributed by atoms with Crippen LogP contribution in [0.2, 0.25) is 0 Å². The SMILES string of the molecule is COc1ccccc1NC(=S)N/N=C(C)\C=C\[C@@H]1C(C)=CCCC1(C)C. The summed E-state index contributed by atoms with van der Waals surface area (Å²) in [7, 11) is 1.63. The van der Waals surface area contributed by atoms with Crippen molar-refractivity contribution in [2.75, 3.05) is 12.4 Å². The van der Waals surface area contributed by atoms with Gasteiger partial charge in [0.1, 0.15) is 5.75 Å². The second kappa shape index (κ2) is 8.99. The largest absolute Gasteiger partial charge is 0.495 e. The first kappa shape index (κ1) is 20.2. The summed E-state index contributed by atoms with van der Waals surface area (Å²) in [4.78, 5) is 0. The topological polar surface area (TPSA) is 45.6 Å².